The molecule has 156 valence electrons. The Labute approximate surface area is 181 Å². The molecule has 1 aliphatic heterocycles. The number of piperazine rings is 1. The van der Waals surface area contributed by atoms with Crippen molar-refractivity contribution in [3.63, 3.8) is 0 Å². The Kier molecular flexibility index (Phi) is 5.69. The minimum Gasteiger partial charge on any atom is -0.369 e. The van der Waals surface area contributed by atoms with E-state index in [1.165, 1.54) is 10.6 Å². The topological polar surface area (TPSA) is 69.7 Å². The number of hydrogen-bond donors (Lipinski definition) is 1. The number of hydrogen-bond acceptors (Lipinski definition) is 4. The molecule has 0 saturated carbocycles. The van der Waals surface area contributed by atoms with E-state index in [1.807, 2.05) is 48.5 Å². The third kappa shape index (κ3) is 4.28. The average molecular weight is 444 g/mol. The van der Waals surface area contributed by atoms with Crippen molar-refractivity contribution >= 4 is 49.7 Å². The molecule has 3 aromatic carbocycles. The zero-order valence-electron chi connectivity index (χ0n) is 16.5. The first kappa shape index (κ1) is 20.7. The Morgan fingerprint density at radius 3 is 2.20 bits per heavy atom. The summed E-state index contributed by atoms with van der Waals surface area (Å²) in [7, 11) is -3.15. The number of rotatable bonds is 4. The zero-order valence-corrected chi connectivity index (χ0v) is 18.1. The van der Waals surface area contributed by atoms with E-state index in [0.29, 0.717) is 42.5 Å². The number of carbonyl (C=O) groups excluding carboxylic acids is 1. The van der Waals surface area contributed by atoms with Gasteiger partial charge in [0.25, 0.3) is 5.91 Å². The van der Waals surface area contributed by atoms with Gasteiger partial charge in [-0.25, -0.2) is 8.42 Å². The molecule has 0 unspecified atom stereocenters. The molecule has 3 aromatic rings. The largest absolute Gasteiger partial charge is 0.369 e. The molecule has 0 radical (unpaired) electrons. The van der Waals surface area contributed by atoms with Crippen LogP contribution < -0.4 is 10.2 Å². The van der Waals surface area contributed by atoms with Crippen LogP contribution in [0.25, 0.3) is 10.8 Å². The fourth-order valence-corrected chi connectivity index (χ4v) is 4.77. The number of halogens is 1. The summed E-state index contributed by atoms with van der Waals surface area (Å²) in [6, 6.07) is 18.6. The molecule has 0 aromatic heterocycles. The fraction of sp³-hybridized carbons (Fsp3) is 0.227. The van der Waals surface area contributed by atoms with Crippen molar-refractivity contribution < 1.29 is 13.2 Å². The summed E-state index contributed by atoms with van der Waals surface area (Å²) in [6.07, 6.45) is 1.24. The molecule has 1 heterocycles. The fourth-order valence-electron chi connectivity index (χ4n) is 3.70. The first-order valence-corrected chi connectivity index (χ1v) is 11.8. The lowest BCUT2D eigenvalue weighted by Crippen LogP contribution is -2.48. The van der Waals surface area contributed by atoms with Crippen LogP contribution in [0.15, 0.2) is 60.7 Å². The lowest BCUT2D eigenvalue weighted by molar-refractivity contribution is 0.102. The second-order valence-corrected chi connectivity index (χ2v) is 9.68. The van der Waals surface area contributed by atoms with Gasteiger partial charge in [-0.2, -0.15) is 4.31 Å². The van der Waals surface area contributed by atoms with Gasteiger partial charge in [0.05, 0.1) is 6.26 Å². The summed E-state index contributed by atoms with van der Waals surface area (Å²) in [5, 5.41) is 5.20. The first-order chi connectivity index (χ1) is 14.3. The minimum absolute atomic E-state index is 0.197. The number of carbonyl (C=O) groups is 1. The molecule has 0 atom stereocenters. The van der Waals surface area contributed by atoms with Crippen molar-refractivity contribution in [2.75, 3.05) is 42.7 Å². The van der Waals surface area contributed by atoms with Crippen LogP contribution >= 0.6 is 11.6 Å². The van der Waals surface area contributed by atoms with Crippen LogP contribution in [0.4, 0.5) is 11.4 Å². The number of nitrogens with one attached hydrogen (secondary N) is 1. The van der Waals surface area contributed by atoms with Crippen molar-refractivity contribution in [1.82, 2.24) is 4.31 Å². The van der Waals surface area contributed by atoms with Crippen LogP contribution in [0.5, 0.6) is 0 Å². The lowest BCUT2D eigenvalue weighted by atomic mass is 10.0. The van der Waals surface area contributed by atoms with Gasteiger partial charge in [0.1, 0.15) is 0 Å². The Morgan fingerprint density at radius 1 is 0.900 bits per heavy atom. The highest BCUT2D eigenvalue weighted by atomic mass is 35.5. The van der Waals surface area contributed by atoms with Crippen LogP contribution in [0.3, 0.4) is 0 Å². The molecule has 1 N–H and O–H groups in total. The van der Waals surface area contributed by atoms with Gasteiger partial charge in [-0.05, 0) is 41.8 Å². The molecule has 1 aliphatic rings. The predicted octanol–water partition coefficient (Wildman–Crippen LogP) is 3.83. The Hall–Kier alpha value is -2.61. The molecule has 0 spiro atoms. The number of benzene rings is 3. The van der Waals surface area contributed by atoms with Gasteiger partial charge in [0.2, 0.25) is 10.0 Å². The normalized spacial score (nSPS) is 15.3. The third-order valence-electron chi connectivity index (χ3n) is 5.31. The molecule has 0 bridgehead atoms. The molecule has 30 heavy (non-hydrogen) atoms. The lowest BCUT2D eigenvalue weighted by Gasteiger charge is -2.34. The van der Waals surface area contributed by atoms with E-state index in [-0.39, 0.29) is 5.91 Å². The van der Waals surface area contributed by atoms with Crippen molar-refractivity contribution in [1.29, 1.82) is 0 Å². The van der Waals surface area contributed by atoms with Crippen LogP contribution in [-0.2, 0) is 10.0 Å². The molecule has 0 aliphatic carbocycles. The Morgan fingerprint density at radius 2 is 1.53 bits per heavy atom. The van der Waals surface area contributed by atoms with Gasteiger partial charge >= 0.3 is 0 Å². The number of nitrogens with zero attached hydrogens (tertiary/aromatic N) is 2. The molecule has 1 saturated heterocycles. The van der Waals surface area contributed by atoms with Crippen LogP contribution in [-0.4, -0.2) is 51.1 Å². The van der Waals surface area contributed by atoms with E-state index in [2.05, 4.69) is 10.2 Å². The van der Waals surface area contributed by atoms with Crippen molar-refractivity contribution in [3.05, 3.63) is 71.2 Å². The summed E-state index contributed by atoms with van der Waals surface area (Å²) >= 11 is 6.25. The number of anilines is 2. The Balaban J connectivity index is 1.46. The highest BCUT2D eigenvalue weighted by Crippen LogP contribution is 2.27. The van der Waals surface area contributed by atoms with Crippen molar-refractivity contribution in [2.24, 2.45) is 0 Å². The van der Waals surface area contributed by atoms with Gasteiger partial charge in [0.15, 0.2) is 0 Å². The summed E-state index contributed by atoms with van der Waals surface area (Å²) in [5.74, 6) is -0.197. The standard InChI is InChI=1S/C22H22ClN3O3S/c1-30(28,29)26-14-12-25(13-15-26)17-10-8-16(9-11-17)24-22(27)20-6-2-5-19-18(20)4-3-7-21(19)23/h2-11H,12-15H2,1H3,(H,24,27). The smallest absolute Gasteiger partial charge is 0.256 e. The van der Waals surface area contributed by atoms with Crippen molar-refractivity contribution in [3.8, 4) is 0 Å². The highest BCUT2D eigenvalue weighted by molar-refractivity contribution is 7.88. The highest BCUT2D eigenvalue weighted by Gasteiger charge is 2.23. The quantitative estimate of drug-likeness (QED) is 0.665. The first-order valence-electron chi connectivity index (χ1n) is 9.62. The number of sulfonamides is 1. The maximum absolute atomic E-state index is 12.8. The monoisotopic (exact) mass is 443 g/mol. The maximum atomic E-state index is 12.8. The van der Waals surface area contributed by atoms with Crippen LogP contribution in [0, 0.1) is 0 Å². The number of fused-ring (bicyclic) bond motifs is 1. The molecular formula is C22H22ClN3O3S. The van der Waals surface area contributed by atoms with E-state index in [0.717, 1.165) is 16.5 Å². The van der Waals surface area contributed by atoms with Gasteiger partial charge < -0.3 is 10.2 Å². The molecule has 4 rings (SSSR count). The summed E-state index contributed by atoms with van der Waals surface area (Å²) in [6.45, 7) is 2.22. The van der Waals surface area contributed by atoms with Gasteiger partial charge in [-0.15, -0.1) is 0 Å². The van der Waals surface area contributed by atoms with Gasteiger partial charge in [0, 0.05) is 53.5 Å². The molecule has 8 heteroatoms. The van der Waals surface area contributed by atoms with E-state index in [4.69, 9.17) is 11.6 Å². The SMILES string of the molecule is CS(=O)(=O)N1CCN(c2ccc(NC(=O)c3cccc4c(Cl)cccc34)cc2)CC1. The summed E-state index contributed by atoms with van der Waals surface area (Å²) < 4.78 is 24.8. The van der Waals surface area contributed by atoms with E-state index in [9.17, 15) is 13.2 Å². The summed E-state index contributed by atoms with van der Waals surface area (Å²) in [5.41, 5.74) is 2.26. The van der Waals surface area contributed by atoms with Gasteiger partial charge in [-0.3, -0.25) is 4.79 Å². The van der Waals surface area contributed by atoms with E-state index < -0.39 is 10.0 Å². The molecule has 6 nitrogen and oxygen atoms in total. The van der Waals surface area contributed by atoms with Gasteiger partial charge in [-0.1, -0.05) is 35.9 Å². The minimum atomic E-state index is -3.15. The maximum Gasteiger partial charge on any atom is 0.256 e. The van der Waals surface area contributed by atoms with Crippen molar-refractivity contribution in [2.45, 2.75) is 0 Å². The second-order valence-electron chi connectivity index (χ2n) is 7.29. The average Bonchev–Trinajstić information content (AvgIpc) is 2.74. The van der Waals surface area contributed by atoms with E-state index >= 15 is 0 Å². The van der Waals surface area contributed by atoms with Crippen LogP contribution in [0.1, 0.15) is 10.4 Å². The van der Waals surface area contributed by atoms with Crippen LogP contribution in [0.2, 0.25) is 5.02 Å². The summed E-state index contributed by atoms with van der Waals surface area (Å²) in [4.78, 5) is 15.0. The van der Waals surface area contributed by atoms with E-state index in [1.54, 1.807) is 12.1 Å². The number of amides is 1. The molecular weight excluding hydrogens is 422 g/mol. The predicted molar refractivity (Wildman–Crippen MR) is 122 cm³/mol. The Bertz CT molecular complexity index is 1190. The molecule has 1 amide bonds. The zero-order chi connectivity index (χ0) is 21.3. The third-order valence-corrected chi connectivity index (χ3v) is 6.94. The molecule has 1 fully saturated rings. The second kappa shape index (κ2) is 8.26.